The lowest BCUT2D eigenvalue weighted by atomic mass is 10.2. The van der Waals surface area contributed by atoms with Crippen LogP contribution in [-0.2, 0) is 13.1 Å². The van der Waals surface area contributed by atoms with Crippen LogP contribution in [0.5, 0.6) is 0 Å². The molecule has 0 aliphatic carbocycles. The third-order valence-corrected chi connectivity index (χ3v) is 4.46. The minimum absolute atomic E-state index is 0.0831. The second-order valence-corrected chi connectivity index (χ2v) is 6.29. The molecule has 0 N–H and O–H groups in total. The minimum atomic E-state index is -0.0831. The number of hydrogen-bond donors (Lipinski definition) is 0. The summed E-state index contributed by atoms with van der Waals surface area (Å²) in [5, 5.41) is 2.47. The van der Waals surface area contributed by atoms with Crippen molar-refractivity contribution in [2.45, 2.75) is 13.1 Å². The van der Waals surface area contributed by atoms with Crippen LogP contribution in [0.2, 0.25) is 5.02 Å². The van der Waals surface area contributed by atoms with E-state index >= 15 is 0 Å². The van der Waals surface area contributed by atoms with Gasteiger partial charge >= 0.3 is 0 Å². The van der Waals surface area contributed by atoms with Gasteiger partial charge in [0.15, 0.2) is 0 Å². The molecular weight excluding hydrogens is 318 g/mol. The number of hydrogen-bond acceptors (Lipinski definition) is 3. The number of rotatable bonds is 5. The molecule has 1 aromatic carbocycles. The quantitative estimate of drug-likeness (QED) is 0.670. The van der Waals surface area contributed by atoms with Crippen molar-refractivity contribution in [3.63, 3.8) is 0 Å². The summed E-state index contributed by atoms with van der Waals surface area (Å²) in [6, 6.07) is 13.0. The third-order valence-electron chi connectivity index (χ3n) is 3.27. The predicted octanol–water partition coefficient (Wildman–Crippen LogP) is 4.84. The summed E-state index contributed by atoms with van der Waals surface area (Å²) in [6.45, 7) is 1.03. The fourth-order valence-electron chi connectivity index (χ4n) is 2.20. The zero-order chi connectivity index (χ0) is 15.4. The molecular formula is C17H14ClNO2S. The van der Waals surface area contributed by atoms with Crippen molar-refractivity contribution in [3.05, 3.63) is 81.4 Å². The Morgan fingerprint density at radius 2 is 2.00 bits per heavy atom. The lowest BCUT2D eigenvalue weighted by Gasteiger charge is -2.22. The van der Waals surface area contributed by atoms with E-state index in [9.17, 15) is 4.79 Å². The number of amides is 1. The molecule has 112 valence electrons. The molecule has 0 radical (unpaired) electrons. The first-order valence-corrected chi connectivity index (χ1v) is 8.07. The van der Waals surface area contributed by atoms with Crippen LogP contribution in [-0.4, -0.2) is 10.8 Å². The van der Waals surface area contributed by atoms with Gasteiger partial charge in [-0.25, -0.2) is 0 Å². The number of furan rings is 1. The Hall–Kier alpha value is -2.04. The smallest absolute Gasteiger partial charge is 0.255 e. The molecule has 5 heteroatoms. The summed E-state index contributed by atoms with van der Waals surface area (Å²) in [7, 11) is 0. The number of carbonyl (C=O) groups excluding carboxylic acids is 1. The fraction of sp³-hybridized carbons (Fsp3) is 0.118. The highest BCUT2D eigenvalue weighted by atomic mass is 35.5. The zero-order valence-corrected chi connectivity index (χ0v) is 13.3. The number of thiophene rings is 1. The maximum atomic E-state index is 12.8. The zero-order valence-electron chi connectivity index (χ0n) is 11.7. The summed E-state index contributed by atoms with van der Waals surface area (Å²) < 4.78 is 5.10. The van der Waals surface area contributed by atoms with E-state index in [1.54, 1.807) is 40.9 Å². The van der Waals surface area contributed by atoms with Crippen LogP contribution < -0.4 is 0 Å². The molecule has 22 heavy (non-hydrogen) atoms. The first kappa shape index (κ1) is 14.9. The van der Waals surface area contributed by atoms with E-state index < -0.39 is 0 Å². The lowest BCUT2D eigenvalue weighted by molar-refractivity contribution is 0.0731. The first-order chi connectivity index (χ1) is 10.7. The molecule has 2 aromatic heterocycles. The molecule has 0 bridgehead atoms. The Morgan fingerprint density at radius 1 is 1.14 bits per heavy atom. The van der Waals surface area contributed by atoms with Crippen molar-refractivity contribution in [3.8, 4) is 0 Å². The van der Waals surface area contributed by atoms with Gasteiger partial charge in [0, 0.05) is 17.0 Å². The van der Waals surface area contributed by atoms with E-state index in [2.05, 4.69) is 0 Å². The van der Waals surface area contributed by atoms with Crippen LogP contribution in [0.1, 0.15) is 20.8 Å². The molecule has 0 fully saturated rings. The van der Waals surface area contributed by atoms with Gasteiger partial charge < -0.3 is 9.32 Å². The Bertz CT molecular complexity index is 702. The van der Waals surface area contributed by atoms with Crippen LogP contribution in [0, 0.1) is 0 Å². The van der Waals surface area contributed by atoms with E-state index in [4.69, 9.17) is 16.0 Å². The van der Waals surface area contributed by atoms with E-state index in [0.29, 0.717) is 23.7 Å². The van der Waals surface area contributed by atoms with Gasteiger partial charge in [0.25, 0.3) is 5.91 Å². The van der Waals surface area contributed by atoms with Gasteiger partial charge in [0.2, 0.25) is 0 Å². The summed E-state index contributed by atoms with van der Waals surface area (Å²) in [5.74, 6) is -0.0831. The lowest BCUT2D eigenvalue weighted by Crippen LogP contribution is -2.29. The van der Waals surface area contributed by atoms with Crippen molar-refractivity contribution < 1.29 is 9.21 Å². The van der Waals surface area contributed by atoms with E-state index in [1.165, 1.54) is 0 Å². The number of carbonyl (C=O) groups is 1. The molecule has 0 unspecified atom stereocenters. The third kappa shape index (κ3) is 3.40. The molecule has 0 saturated carbocycles. The fourth-order valence-corrected chi connectivity index (χ4v) is 3.13. The monoisotopic (exact) mass is 331 g/mol. The molecule has 0 aliphatic heterocycles. The van der Waals surface area contributed by atoms with Crippen LogP contribution in [0.25, 0.3) is 0 Å². The van der Waals surface area contributed by atoms with Gasteiger partial charge in [0.05, 0.1) is 29.7 Å². The molecule has 0 atom stereocenters. The Kier molecular flexibility index (Phi) is 4.61. The second-order valence-electron chi connectivity index (χ2n) is 4.85. The Balaban J connectivity index is 1.87. The van der Waals surface area contributed by atoms with Crippen molar-refractivity contribution >= 4 is 28.8 Å². The van der Waals surface area contributed by atoms with Gasteiger partial charge in [-0.3, -0.25) is 4.79 Å². The van der Waals surface area contributed by atoms with Crippen molar-refractivity contribution in [2.75, 3.05) is 0 Å². The Morgan fingerprint density at radius 3 is 2.68 bits per heavy atom. The van der Waals surface area contributed by atoms with Crippen LogP contribution >= 0.6 is 22.9 Å². The molecule has 3 aromatic rings. The molecule has 0 aliphatic rings. The maximum Gasteiger partial charge on any atom is 0.255 e. The highest BCUT2D eigenvalue weighted by molar-refractivity contribution is 7.09. The van der Waals surface area contributed by atoms with Crippen LogP contribution in [0.15, 0.2) is 64.8 Å². The van der Waals surface area contributed by atoms with E-state index in [0.717, 1.165) is 10.4 Å². The highest BCUT2D eigenvalue weighted by Gasteiger charge is 2.19. The molecule has 2 heterocycles. The largest absolute Gasteiger partial charge is 0.472 e. The van der Waals surface area contributed by atoms with Crippen LogP contribution in [0.3, 0.4) is 0 Å². The average Bonchev–Trinajstić information content (AvgIpc) is 3.20. The van der Waals surface area contributed by atoms with Gasteiger partial charge in [0.1, 0.15) is 0 Å². The molecule has 1 amide bonds. The predicted molar refractivity (Wildman–Crippen MR) is 88.1 cm³/mol. The van der Waals surface area contributed by atoms with Crippen LogP contribution in [0.4, 0.5) is 0 Å². The second kappa shape index (κ2) is 6.81. The van der Waals surface area contributed by atoms with E-state index in [1.807, 2.05) is 35.7 Å². The first-order valence-electron chi connectivity index (χ1n) is 6.81. The SMILES string of the molecule is O=C(c1ccccc1Cl)N(Cc1ccoc1)Cc1cccs1. The molecule has 3 rings (SSSR count). The average molecular weight is 332 g/mol. The van der Waals surface area contributed by atoms with Gasteiger partial charge in [-0.15, -0.1) is 11.3 Å². The minimum Gasteiger partial charge on any atom is -0.472 e. The van der Waals surface area contributed by atoms with Crippen molar-refractivity contribution in [1.29, 1.82) is 0 Å². The van der Waals surface area contributed by atoms with Crippen molar-refractivity contribution in [2.24, 2.45) is 0 Å². The maximum absolute atomic E-state index is 12.8. The number of benzene rings is 1. The molecule has 0 spiro atoms. The Labute approximate surface area is 137 Å². The normalized spacial score (nSPS) is 10.6. The topological polar surface area (TPSA) is 33.5 Å². The summed E-state index contributed by atoms with van der Waals surface area (Å²) >= 11 is 7.79. The highest BCUT2D eigenvalue weighted by Crippen LogP contribution is 2.21. The number of halogens is 1. The van der Waals surface area contributed by atoms with Gasteiger partial charge in [-0.05, 0) is 29.6 Å². The summed E-state index contributed by atoms with van der Waals surface area (Å²) in [5.41, 5.74) is 1.47. The van der Waals surface area contributed by atoms with E-state index in [-0.39, 0.29) is 5.91 Å². The molecule has 3 nitrogen and oxygen atoms in total. The summed E-state index contributed by atoms with van der Waals surface area (Å²) in [6.07, 6.45) is 3.26. The number of nitrogens with zero attached hydrogens (tertiary/aromatic N) is 1. The standard InChI is InChI=1S/C17H14ClNO2S/c18-16-6-2-1-5-15(16)17(20)19(10-13-7-8-21-12-13)11-14-4-3-9-22-14/h1-9,12H,10-11H2. The van der Waals surface area contributed by atoms with Gasteiger partial charge in [-0.1, -0.05) is 29.8 Å². The summed E-state index contributed by atoms with van der Waals surface area (Å²) in [4.78, 5) is 15.7. The van der Waals surface area contributed by atoms with Gasteiger partial charge in [-0.2, -0.15) is 0 Å². The molecule has 0 saturated heterocycles. The van der Waals surface area contributed by atoms with Crippen molar-refractivity contribution in [1.82, 2.24) is 4.90 Å².